The Hall–Kier alpha value is -1.85. The van der Waals surface area contributed by atoms with Crippen LogP contribution in [-0.4, -0.2) is 21.5 Å². The fraction of sp³-hybridized carbons (Fsp3) is 0.133. The van der Waals surface area contributed by atoms with Crippen LogP contribution in [0.1, 0.15) is 15.9 Å². The Bertz CT molecular complexity index is 714. The smallest absolute Gasteiger partial charge is 0.255 e. The largest absolute Gasteiger partial charge is 0.505 e. The van der Waals surface area contributed by atoms with Crippen LogP contribution in [0, 0.1) is 6.92 Å². The van der Waals surface area contributed by atoms with Gasteiger partial charge in [-0.3, -0.25) is 9.00 Å². The summed E-state index contributed by atoms with van der Waals surface area (Å²) < 4.78 is 11.3. The van der Waals surface area contributed by atoms with Crippen molar-refractivity contribution in [2.45, 2.75) is 11.8 Å². The van der Waals surface area contributed by atoms with E-state index in [9.17, 15) is 14.1 Å². The molecule has 0 spiro atoms. The van der Waals surface area contributed by atoms with E-state index < -0.39 is 10.8 Å². The Balaban J connectivity index is 2.24. The molecule has 6 heteroatoms. The van der Waals surface area contributed by atoms with Gasteiger partial charge in [0.25, 0.3) is 5.91 Å². The predicted octanol–water partition coefficient (Wildman–Crippen LogP) is 3.34. The summed E-state index contributed by atoms with van der Waals surface area (Å²) in [5, 5.41) is 13.0. The van der Waals surface area contributed by atoms with E-state index in [1.807, 2.05) is 0 Å². The summed E-state index contributed by atoms with van der Waals surface area (Å²) in [6.45, 7) is 1.70. The van der Waals surface area contributed by atoms with Crippen LogP contribution in [0.3, 0.4) is 0 Å². The fourth-order valence-electron chi connectivity index (χ4n) is 1.82. The first-order chi connectivity index (χ1) is 9.88. The molecule has 0 aliphatic heterocycles. The molecule has 0 fully saturated rings. The van der Waals surface area contributed by atoms with Crippen LogP contribution in [0.5, 0.6) is 5.75 Å². The Labute approximate surface area is 130 Å². The number of rotatable bonds is 3. The van der Waals surface area contributed by atoms with E-state index in [2.05, 4.69) is 5.32 Å². The standard InChI is InChI=1S/C15H14ClNO3S/c1-9-7-11(16)8-13(14(9)18)17-15(19)10-3-5-12(6-4-10)21(2)20/h3-8,18H,1-2H3,(H,17,19)/t21-/m0/s1. The minimum atomic E-state index is -1.09. The first kappa shape index (κ1) is 15.5. The molecule has 0 bridgehead atoms. The van der Waals surface area contributed by atoms with Gasteiger partial charge in [0.15, 0.2) is 0 Å². The summed E-state index contributed by atoms with van der Waals surface area (Å²) in [6, 6.07) is 9.53. The maximum atomic E-state index is 12.1. The van der Waals surface area contributed by atoms with Crippen LogP contribution in [-0.2, 0) is 10.8 Å². The van der Waals surface area contributed by atoms with Crippen molar-refractivity contribution in [3.63, 3.8) is 0 Å². The molecule has 2 aromatic rings. The number of hydrogen-bond donors (Lipinski definition) is 2. The summed E-state index contributed by atoms with van der Waals surface area (Å²) in [7, 11) is -1.09. The van der Waals surface area contributed by atoms with E-state index in [4.69, 9.17) is 11.6 Å². The molecule has 2 aromatic carbocycles. The molecule has 0 aromatic heterocycles. The van der Waals surface area contributed by atoms with Crippen molar-refractivity contribution in [3.8, 4) is 5.75 Å². The molecule has 0 heterocycles. The van der Waals surface area contributed by atoms with Crippen LogP contribution >= 0.6 is 11.6 Å². The fourth-order valence-corrected chi connectivity index (χ4v) is 2.62. The second-order valence-electron chi connectivity index (χ2n) is 4.55. The van der Waals surface area contributed by atoms with Crippen molar-refractivity contribution < 1.29 is 14.1 Å². The van der Waals surface area contributed by atoms with Gasteiger partial charge in [0.2, 0.25) is 0 Å². The molecule has 2 N–H and O–H groups in total. The van der Waals surface area contributed by atoms with Crippen LogP contribution in [0.4, 0.5) is 5.69 Å². The predicted molar refractivity (Wildman–Crippen MR) is 84.6 cm³/mol. The van der Waals surface area contributed by atoms with Crippen molar-refractivity contribution in [3.05, 3.63) is 52.5 Å². The zero-order valence-corrected chi connectivity index (χ0v) is 13.1. The van der Waals surface area contributed by atoms with Gasteiger partial charge in [0, 0.05) is 32.5 Å². The molecule has 110 valence electrons. The summed E-state index contributed by atoms with van der Waals surface area (Å²) in [5.74, 6) is -0.389. The lowest BCUT2D eigenvalue weighted by Gasteiger charge is -2.10. The minimum Gasteiger partial charge on any atom is -0.505 e. The molecule has 1 amide bonds. The number of phenolic OH excluding ortho intramolecular Hbond substituents is 1. The summed E-state index contributed by atoms with van der Waals surface area (Å²) in [5.41, 5.74) is 1.24. The summed E-state index contributed by atoms with van der Waals surface area (Å²) in [6.07, 6.45) is 1.57. The minimum absolute atomic E-state index is 0.0148. The van der Waals surface area contributed by atoms with Crippen molar-refractivity contribution in [1.82, 2.24) is 0 Å². The summed E-state index contributed by atoms with van der Waals surface area (Å²) >= 11 is 5.91. The Morgan fingerprint density at radius 2 is 1.86 bits per heavy atom. The normalized spacial score (nSPS) is 12.0. The number of carbonyl (C=O) groups excluding carboxylic acids is 1. The number of phenols is 1. The Morgan fingerprint density at radius 3 is 2.43 bits per heavy atom. The number of benzene rings is 2. The van der Waals surface area contributed by atoms with Crippen LogP contribution < -0.4 is 5.32 Å². The number of halogens is 1. The molecule has 0 radical (unpaired) electrons. The van der Waals surface area contributed by atoms with E-state index in [1.54, 1.807) is 43.5 Å². The van der Waals surface area contributed by atoms with E-state index in [-0.39, 0.29) is 17.3 Å². The van der Waals surface area contributed by atoms with E-state index in [0.717, 1.165) is 0 Å². The second kappa shape index (κ2) is 6.28. The van der Waals surface area contributed by atoms with Gasteiger partial charge in [-0.2, -0.15) is 0 Å². The average Bonchev–Trinajstić information content (AvgIpc) is 2.44. The highest BCUT2D eigenvalue weighted by Gasteiger charge is 2.12. The second-order valence-corrected chi connectivity index (χ2v) is 6.37. The zero-order valence-electron chi connectivity index (χ0n) is 11.5. The van der Waals surface area contributed by atoms with Crippen LogP contribution in [0.25, 0.3) is 0 Å². The number of carbonyl (C=O) groups is 1. The third kappa shape index (κ3) is 3.62. The quantitative estimate of drug-likeness (QED) is 0.851. The molecule has 4 nitrogen and oxygen atoms in total. The topological polar surface area (TPSA) is 66.4 Å². The molecule has 0 aliphatic carbocycles. The number of nitrogens with one attached hydrogen (secondary N) is 1. The van der Waals surface area contributed by atoms with Gasteiger partial charge in [-0.05, 0) is 48.9 Å². The SMILES string of the molecule is Cc1cc(Cl)cc(NC(=O)c2ccc([S@](C)=O)cc2)c1O. The maximum Gasteiger partial charge on any atom is 0.255 e. The average molecular weight is 324 g/mol. The number of hydrogen-bond acceptors (Lipinski definition) is 3. The maximum absolute atomic E-state index is 12.1. The number of anilines is 1. The van der Waals surface area contributed by atoms with Crippen molar-refractivity contribution >= 4 is 34.0 Å². The molecule has 0 saturated carbocycles. The van der Waals surface area contributed by atoms with Gasteiger partial charge in [0.1, 0.15) is 5.75 Å². The Kier molecular flexibility index (Phi) is 4.65. The van der Waals surface area contributed by atoms with Crippen molar-refractivity contribution in [2.24, 2.45) is 0 Å². The van der Waals surface area contributed by atoms with E-state index >= 15 is 0 Å². The molecule has 0 saturated heterocycles. The third-order valence-electron chi connectivity index (χ3n) is 2.96. The third-order valence-corrected chi connectivity index (χ3v) is 4.12. The van der Waals surface area contributed by atoms with Gasteiger partial charge >= 0.3 is 0 Å². The van der Waals surface area contributed by atoms with Gasteiger partial charge < -0.3 is 10.4 Å². The summed E-state index contributed by atoms with van der Waals surface area (Å²) in [4.78, 5) is 12.8. The number of amides is 1. The van der Waals surface area contributed by atoms with Gasteiger partial charge in [-0.25, -0.2) is 0 Å². The molecule has 0 aliphatic rings. The van der Waals surface area contributed by atoms with E-state index in [0.29, 0.717) is 21.0 Å². The molecular weight excluding hydrogens is 310 g/mol. The molecular formula is C15H14ClNO3S. The van der Waals surface area contributed by atoms with Crippen molar-refractivity contribution in [1.29, 1.82) is 0 Å². The van der Waals surface area contributed by atoms with Crippen LogP contribution in [0.2, 0.25) is 5.02 Å². The monoisotopic (exact) mass is 323 g/mol. The number of aryl methyl sites for hydroxylation is 1. The first-order valence-corrected chi connectivity index (χ1v) is 8.06. The lowest BCUT2D eigenvalue weighted by atomic mass is 10.1. The number of aromatic hydroxyl groups is 1. The lowest BCUT2D eigenvalue weighted by Crippen LogP contribution is -2.12. The van der Waals surface area contributed by atoms with Gasteiger partial charge in [-0.1, -0.05) is 11.6 Å². The van der Waals surface area contributed by atoms with Gasteiger partial charge in [-0.15, -0.1) is 0 Å². The zero-order chi connectivity index (χ0) is 15.6. The molecule has 1 atom stereocenters. The first-order valence-electron chi connectivity index (χ1n) is 6.12. The van der Waals surface area contributed by atoms with Gasteiger partial charge in [0.05, 0.1) is 5.69 Å². The molecule has 2 rings (SSSR count). The Morgan fingerprint density at radius 1 is 1.24 bits per heavy atom. The van der Waals surface area contributed by atoms with Crippen molar-refractivity contribution in [2.75, 3.05) is 11.6 Å². The highest BCUT2D eigenvalue weighted by atomic mass is 35.5. The highest BCUT2D eigenvalue weighted by molar-refractivity contribution is 7.84. The van der Waals surface area contributed by atoms with Crippen LogP contribution in [0.15, 0.2) is 41.3 Å². The highest BCUT2D eigenvalue weighted by Crippen LogP contribution is 2.31. The lowest BCUT2D eigenvalue weighted by molar-refractivity contribution is 0.102. The molecule has 0 unspecified atom stereocenters. The van der Waals surface area contributed by atoms with E-state index in [1.165, 1.54) is 6.07 Å². The molecule has 21 heavy (non-hydrogen) atoms.